The van der Waals surface area contributed by atoms with Crippen LogP contribution in [0.1, 0.15) is 32.2 Å². The van der Waals surface area contributed by atoms with E-state index in [0.717, 1.165) is 17.2 Å². The van der Waals surface area contributed by atoms with E-state index in [9.17, 15) is 0 Å². The van der Waals surface area contributed by atoms with E-state index in [1.54, 1.807) is 0 Å². The molecule has 0 fully saturated rings. The zero-order valence-electron chi connectivity index (χ0n) is 12.4. The molecule has 19 heavy (non-hydrogen) atoms. The van der Waals surface area contributed by atoms with E-state index in [4.69, 9.17) is 0 Å². The maximum atomic E-state index is 4.55. The maximum absolute atomic E-state index is 4.55. The summed E-state index contributed by atoms with van der Waals surface area (Å²) in [6.07, 6.45) is 0. The average molecular weight is 258 g/mol. The molecule has 2 rings (SSSR count). The summed E-state index contributed by atoms with van der Waals surface area (Å²) >= 11 is 0. The van der Waals surface area contributed by atoms with E-state index in [1.807, 2.05) is 18.8 Å². The molecule has 0 unspecified atom stereocenters. The van der Waals surface area contributed by atoms with Gasteiger partial charge >= 0.3 is 0 Å². The third-order valence-electron chi connectivity index (χ3n) is 3.15. The van der Waals surface area contributed by atoms with Crippen molar-refractivity contribution in [1.82, 2.24) is 20.1 Å². The highest BCUT2D eigenvalue weighted by Crippen LogP contribution is 2.25. The van der Waals surface area contributed by atoms with Crippen LogP contribution >= 0.6 is 0 Å². The van der Waals surface area contributed by atoms with Crippen molar-refractivity contribution in [1.29, 1.82) is 0 Å². The molecule has 0 amide bonds. The number of aryl methyl sites for hydroxylation is 1. The molecule has 0 aliphatic rings. The summed E-state index contributed by atoms with van der Waals surface area (Å²) in [5.74, 6) is 1.73. The van der Waals surface area contributed by atoms with Gasteiger partial charge in [0.25, 0.3) is 0 Å². The third kappa shape index (κ3) is 3.01. The van der Waals surface area contributed by atoms with Gasteiger partial charge in [-0.25, -0.2) is 9.67 Å². The van der Waals surface area contributed by atoms with Gasteiger partial charge in [0.2, 0.25) is 0 Å². The Bertz CT molecular complexity index is 547. The van der Waals surface area contributed by atoms with Gasteiger partial charge in [-0.1, -0.05) is 45.0 Å². The SMILES string of the molecule is CNCc1nc(-c2ccc(C(C)(C)C)cc2)n(C)n1. The van der Waals surface area contributed by atoms with Crippen molar-refractivity contribution in [2.24, 2.45) is 7.05 Å². The Balaban J connectivity index is 2.32. The normalized spacial score (nSPS) is 11.8. The van der Waals surface area contributed by atoms with E-state index in [2.05, 4.69) is 60.4 Å². The molecular formula is C15H22N4. The van der Waals surface area contributed by atoms with Crippen LogP contribution in [0.15, 0.2) is 24.3 Å². The van der Waals surface area contributed by atoms with Crippen molar-refractivity contribution in [2.75, 3.05) is 7.05 Å². The highest BCUT2D eigenvalue weighted by Gasteiger charge is 2.14. The predicted molar refractivity (Wildman–Crippen MR) is 77.9 cm³/mol. The van der Waals surface area contributed by atoms with E-state index >= 15 is 0 Å². The van der Waals surface area contributed by atoms with Gasteiger partial charge in [-0.2, -0.15) is 5.10 Å². The van der Waals surface area contributed by atoms with Crippen LogP contribution < -0.4 is 5.32 Å². The first-order valence-electron chi connectivity index (χ1n) is 6.57. The molecule has 0 saturated heterocycles. The summed E-state index contributed by atoms with van der Waals surface area (Å²) in [7, 11) is 3.83. The van der Waals surface area contributed by atoms with Crippen LogP contribution in [0.4, 0.5) is 0 Å². The van der Waals surface area contributed by atoms with Crippen LogP contribution in [0.2, 0.25) is 0 Å². The Labute approximate surface area is 114 Å². The molecule has 4 heteroatoms. The first-order valence-corrected chi connectivity index (χ1v) is 6.57. The molecule has 4 nitrogen and oxygen atoms in total. The minimum atomic E-state index is 0.176. The second kappa shape index (κ2) is 5.13. The summed E-state index contributed by atoms with van der Waals surface area (Å²) in [6, 6.07) is 8.57. The summed E-state index contributed by atoms with van der Waals surface area (Å²) in [5, 5.41) is 7.46. The van der Waals surface area contributed by atoms with Crippen molar-refractivity contribution < 1.29 is 0 Å². The Morgan fingerprint density at radius 2 is 1.79 bits per heavy atom. The lowest BCUT2D eigenvalue weighted by Gasteiger charge is -2.18. The van der Waals surface area contributed by atoms with Gasteiger partial charge in [0.1, 0.15) is 0 Å². The molecule has 0 aliphatic carbocycles. The fraction of sp³-hybridized carbons (Fsp3) is 0.467. The van der Waals surface area contributed by atoms with Crippen LogP contribution in [0, 0.1) is 0 Å². The van der Waals surface area contributed by atoms with Crippen molar-refractivity contribution in [3.8, 4) is 11.4 Å². The van der Waals surface area contributed by atoms with Crippen molar-refractivity contribution >= 4 is 0 Å². The molecule has 0 bridgehead atoms. The molecule has 0 radical (unpaired) electrons. The Morgan fingerprint density at radius 1 is 1.16 bits per heavy atom. The molecule has 102 valence electrons. The molecule has 1 N–H and O–H groups in total. The van der Waals surface area contributed by atoms with Crippen molar-refractivity contribution in [3.05, 3.63) is 35.7 Å². The van der Waals surface area contributed by atoms with Gasteiger partial charge in [-0.15, -0.1) is 0 Å². The van der Waals surface area contributed by atoms with E-state index in [0.29, 0.717) is 6.54 Å². The molecule has 0 atom stereocenters. The van der Waals surface area contributed by atoms with Crippen molar-refractivity contribution in [3.63, 3.8) is 0 Å². The lowest BCUT2D eigenvalue weighted by Crippen LogP contribution is -2.10. The van der Waals surface area contributed by atoms with Crippen LogP contribution in [-0.2, 0) is 19.0 Å². The fourth-order valence-electron chi connectivity index (χ4n) is 2.04. The summed E-state index contributed by atoms with van der Waals surface area (Å²) < 4.78 is 1.83. The van der Waals surface area contributed by atoms with Crippen molar-refractivity contribution in [2.45, 2.75) is 32.7 Å². The van der Waals surface area contributed by atoms with Gasteiger partial charge in [0.05, 0.1) is 6.54 Å². The number of aromatic nitrogens is 3. The molecule has 1 aromatic heterocycles. The smallest absolute Gasteiger partial charge is 0.165 e. The highest BCUT2D eigenvalue weighted by atomic mass is 15.3. The van der Waals surface area contributed by atoms with Crippen LogP contribution in [0.3, 0.4) is 0 Å². The van der Waals surface area contributed by atoms with E-state index < -0.39 is 0 Å². The summed E-state index contributed by atoms with van der Waals surface area (Å²) in [4.78, 5) is 4.55. The lowest BCUT2D eigenvalue weighted by molar-refractivity contribution is 0.590. The largest absolute Gasteiger partial charge is 0.313 e. The fourth-order valence-corrected chi connectivity index (χ4v) is 2.04. The number of nitrogens with zero attached hydrogens (tertiary/aromatic N) is 3. The van der Waals surface area contributed by atoms with E-state index in [1.165, 1.54) is 5.56 Å². The lowest BCUT2D eigenvalue weighted by atomic mass is 9.87. The monoisotopic (exact) mass is 258 g/mol. The standard InChI is InChI=1S/C15H22N4/c1-15(2,3)12-8-6-11(7-9-12)14-17-13(10-16-4)18-19(14)5/h6-9,16H,10H2,1-5H3. The first kappa shape index (κ1) is 13.7. The first-order chi connectivity index (χ1) is 8.91. The summed E-state index contributed by atoms with van der Waals surface area (Å²) in [6.45, 7) is 7.34. The molecule has 2 aromatic rings. The third-order valence-corrected chi connectivity index (χ3v) is 3.15. The minimum absolute atomic E-state index is 0.176. The van der Waals surface area contributed by atoms with Gasteiger partial charge in [0, 0.05) is 12.6 Å². The average Bonchev–Trinajstić information content (AvgIpc) is 2.70. The Hall–Kier alpha value is -1.68. The molecule has 1 heterocycles. The molecule has 0 saturated carbocycles. The zero-order valence-corrected chi connectivity index (χ0v) is 12.4. The van der Waals surface area contributed by atoms with Crippen LogP contribution in [-0.4, -0.2) is 21.8 Å². The molecule has 0 spiro atoms. The van der Waals surface area contributed by atoms with E-state index in [-0.39, 0.29) is 5.41 Å². The number of nitrogens with one attached hydrogen (secondary N) is 1. The van der Waals surface area contributed by atoms with Gasteiger partial charge in [0.15, 0.2) is 11.6 Å². The quantitative estimate of drug-likeness (QED) is 0.920. The van der Waals surface area contributed by atoms with Gasteiger partial charge in [-0.3, -0.25) is 0 Å². The second-order valence-electron chi connectivity index (χ2n) is 5.83. The number of hydrogen-bond donors (Lipinski definition) is 1. The van der Waals surface area contributed by atoms with Crippen LogP contribution in [0.5, 0.6) is 0 Å². The molecule has 1 aromatic carbocycles. The number of rotatable bonds is 3. The van der Waals surface area contributed by atoms with Gasteiger partial charge in [-0.05, 0) is 18.0 Å². The topological polar surface area (TPSA) is 42.7 Å². The highest BCUT2D eigenvalue weighted by molar-refractivity contribution is 5.56. The van der Waals surface area contributed by atoms with Crippen LogP contribution in [0.25, 0.3) is 11.4 Å². The minimum Gasteiger partial charge on any atom is -0.313 e. The Kier molecular flexibility index (Phi) is 3.71. The predicted octanol–water partition coefficient (Wildman–Crippen LogP) is 2.50. The summed E-state index contributed by atoms with van der Waals surface area (Å²) in [5.41, 5.74) is 2.61. The zero-order chi connectivity index (χ0) is 14.0. The molecular weight excluding hydrogens is 236 g/mol. The van der Waals surface area contributed by atoms with Gasteiger partial charge < -0.3 is 5.32 Å². The number of benzene rings is 1. The Morgan fingerprint density at radius 3 is 2.32 bits per heavy atom. The number of hydrogen-bond acceptors (Lipinski definition) is 3. The maximum Gasteiger partial charge on any atom is 0.165 e. The second-order valence-corrected chi connectivity index (χ2v) is 5.83. The molecule has 0 aliphatic heterocycles.